The van der Waals surface area contributed by atoms with Gasteiger partial charge in [0.05, 0.1) is 12.5 Å². The van der Waals surface area contributed by atoms with Crippen LogP contribution in [0.25, 0.3) is 11.1 Å². The zero-order valence-corrected chi connectivity index (χ0v) is 32.0. The molecule has 0 atom stereocenters. The second kappa shape index (κ2) is 16.4. The molecule has 0 radical (unpaired) electrons. The lowest BCUT2D eigenvalue weighted by atomic mass is 9.68. The SMILES string of the molecule is COc1ccc(C(C)(C)c2ccc(OC(=O)OCCOc3ccc(C4(c5ccc(OCCOC(C)=O)cc5)c5ccccc5-c5ccccc54)cc3)cc2)cc1. The highest BCUT2D eigenvalue weighted by Crippen LogP contribution is 2.56. The maximum Gasteiger partial charge on any atom is 0.513 e. The number of rotatable bonds is 14. The summed E-state index contributed by atoms with van der Waals surface area (Å²) in [5, 5.41) is 0. The number of methoxy groups -OCH3 is 1. The average molecular weight is 749 g/mol. The average Bonchev–Trinajstić information content (AvgIpc) is 3.53. The predicted octanol–water partition coefficient (Wildman–Crippen LogP) is 9.92. The number of carbonyl (C=O) groups excluding carboxylic acids is 2. The molecule has 8 heteroatoms. The van der Waals surface area contributed by atoms with Crippen LogP contribution in [0.15, 0.2) is 146 Å². The highest BCUT2D eigenvalue weighted by molar-refractivity contribution is 5.86. The maximum atomic E-state index is 12.5. The Bertz CT molecular complexity index is 2230. The first-order chi connectivity index (χ1) is 27.2. The molecule has 0 spiro atoms. The van der Waals surface area contributed by atoms with E-state index in [1.807, 2.05) is 48.5 Å². The minimum atomic E-state index is -0.799. The van der Waals surface area contributed by atoms with E-state index in [1.165, 1.54) is 29.2 Å². The van der Waals surface area contributed by atoms with Gasteiger partial charge in [-0.2, -0.15) is 0 Å². The van der Waals surface area contributed by atoms with E-state index in [1.54, 1.807) is 19.2 Å². The highest BCUT2D eigenvalue weighted by atomic mass is 16.7. The smallest absolute Gasteiger partial charge is 0.497 e. The van der Waals surface area contributed by atoms with Crippen molar-refractivity contribution in [3.05, 3.63) is 179 Å². The fourth-order valence-corrected chi connectivity index (χ4v) is 7.50. The van der Waals surface area contributed by atoms with Crippen molar-refractivity contribution in [3.63, 3.8) is 0 Å². The molecule has 284 valence electrons. The molecule has 7 rings (SSSR count). The van der Waals surface area contributed by atoms with Gasteiger partial charge in [0.15, 0.2) is 0 Å². The summed E-state index contributed by atoms with van der Waals surface area (Å²) in [4.78, 5) is 23.7. The van der Waals surface area contributed by atoms with Crippen LogP contribution in [0.4, 0.5) is 4.79 Å². The Kier molecular flexibility index (Phi) is 11.1. The van der Waals surface area contributed by atoms with Crippen molar-refractivity contribution < 1.29 is 38.0 Å². The second-order valence-corrected chi connectivity index (χ2v) is 14.0. The van der Waals surface area contributed by atoms with Crippen LogP contribution in [0, 0.1) is 0 Å². The van der Waals surface area contributed by atoms with Crippen LogP contribution in [-0.2, 0) is 25.1 Å². The van der Waals surface area contributed by atoms with Crippen molar-refractivity contribution >= 4 is 12.1 Å². The quantitative estimate of drug-likeness (QED) is 0.0617. The molecule has 0 heterocycles. The summed E-state index contributed by atoms with van der Waals surface area (Å²) < 4.78 is 32.9. The predicted molar refractivity (Wildman–Crippen MR) is 215 cm³/mol. The summed E-state index contributed by atoms with van der Waals surface area (Å²) >= 11 is 0. The van der Waals surface area contributed by atoms with E-state index >= 15 is 0 Å². The monoisotopic (exact) mass is 748 g/mol. The van der Waals surface area contributed by atoms with Gasteiger partial charge in [-0.05, 0) is 93.0 Å². The third-order valence-corrected chi connectivity index (χ3v) is 10.3. The molecule has 6 aromatic carbocycles. The lowest BCUT2D eigenvalue weighted by Crippen LogP contribution is -2.28. The van der Waals surface area contributed by atoms with Crippen LogP contribution in [0.1, 0.15) is 54.2 Å². The van der Waals surface area contributed by atoms with E-state index in [0.717, 1.165) is 28.0 Å². The zero-order chi connectivity index (χ0) is 39.1. The molecule has 8 nitrogen and oxygen atoms in total. The van der Waals surface area contributed by atoms with Crippen LogP contribution < -0.4 is 18.9 Å². The lowest BCUT2D eigenvalue weighted by molar-refractivity contribution is -0.141. The van der Waals surface area contributed by atoms with Crippen molar-refractivity contribution in [1.82, 2.24) is 0 Å². The molecule has 6 aromatic rings. The first kappa shape index (κ1) is 37.8. The molecular formula is C48H44O8. The van der Waals surface area contributed by atoms with E-state index in [4.69, 9.17) is 28.4 Å². The fraction of sp³-hybridized carbons (Fsp3) is 0.208. The maximum absolute atomic E-state index is 12.5. The summed E-state index contributed by atoms with van der Waals surface area (Å²) in [5.74, 6) is 2.20. The number of hydrogen-bond acceptors (Lipinski definition) is 8. The molecule has 0 aliphatic heterocycles. The molecule has 0 fully saturated rings. The molecule has 1 aliphatic carbocycles. The Labute approximate surface area is 327 Å². The number of benzene rings is 6. The summed E-state index contributed by atoms with van der Waals surface area (Å²) in [7, 11) is 1.65. The molecule has 0 bridgehead atoms. The summed E-state index contributed by atoms with van der Waals surface area (Å²) in [5.41, 5.74) is 8.24. The number of fused-ring (bicyclic) bond motifs is 3. The second-order valence-electron chi connectivity index (χ2n) is 14.0. The molecule has 0 unspecified atom stereocenters. The van der Waals surface area contributed by atoms with E-state index in [0.29, 0.717) is 17.2 Å². The molecule has 0 N–H and O–H groups in total. The first-order valence-electron chi connectivity index (χ1n) is 18.6. The number of carbonyl (C=O) groups is 2. The standard InChI is InChI=1S/C48H44O8/c1-33(49)52-29-30-53-39-23-17-36(18-24-39)48(44-11-7-5-9-42(44)43-10-6-8-12-45(43)48)37-19-25-40(26-20-37)54-31-32-55-46(50)56-41-27-15-35(16-28-41)47(2,3)34-13-21-38(51-4)22-14-34/h5-28H,29-32H2,1-4H3. The van der Waals surface area contributed by atoms with Crippen LogP contribution in [0.3, 0.4) is 0 Å². The molecule has 0 saturated carbocycles. The zero-order valence-electron chi connectivity index (χ0n) is 32.0. The van der Waals surface area contributed by atoms with E-state index in [2.05, 4.69) is 98.8 Å². The Morgan fingerprint density at radius 1 is 0.518 bits per heavy atom. The molecule has 0 aromatic heterocycles. The fourth-order valence-electron chi connectivity index (χ4n) is 7.50. The summed E-state index contributed by atoms with van der Waals surface area (Å²) in [6, 6.07) is 48.6. The van der Waals surface area contributed by atoms with Gasteiger partial charge in [0.1, 0.15) is 49.4 Å². The van der Waals surface area contributed by atoms with Gasteiger partial charge in [-0.3, -0.25) is 4.79 Å². The van der Waals surface area contributed by atoms with Gasteiger partial charge in [0, 0.05) is 12.3 Å². The molecule has 0 amide bonds. The number of hydrogen-bond donors (Lipinski definition) is 0. The van der Waals surface area contributed by atoms with Crippen LogP contribution in [0.5, 0.6) is 23.0 Å². The van der Waals surface area contributed by atoms with Gasteiger partial charge >= 0.3 is 12.1 Å². The van der Waals surface area contributed by atoms with Gasteiger partial charge in [-0.25, -0.2) is 4.79 Å². The molecular weight excluding hydrogens is 705 g/mol. The Morgan fingerprint density at radius 2 is 0.946 bits per heavy atom. The molecule has 0 saturated heterocycles. The van der Waals surface area contributed by atoms with Crippen LogP contribution >= 0.6 is 0 Å². The number of esters is 1. The summed E-state index contributed by atoms with van der Waals surface area (Å²) in [6.45, 7) is 6.29. The molecule has 1 aliphatic rings. The minimum absolute atomic E-state index is 0.0170. The Morgan fingerprint density at radius 3 is 1.41 bits per heavy atom. The van der Waals surface area contributed by atoms with Crippen molar-refractivity contribution in [2.24, 2.45) is 0 Å². The van der Waals surface area contributed by atoms with Crippen molar-refractivity contribution in [1.29, 1.82) is 0 Å². The van der Waals surface area contributed by atoms with E-state index in [9.17, 15) is 9.59 Å². The van der Waals surface area contributed by atoms with Crippen molar-refractivity contribution in [2.45, 2.75) is 31.6 Å². The van der Waals surface area contributed by atoms with Gasteiger partial charge in [0.2, 0.25) is 0 Å². The first-order valence-corrected chi connectivity index (χ1v) is 18.6. The molecule has 56 heavy (non-hydrogen) atoms. The summed E-state index contributed by atoms with van der Waals surface area (Å²) in [6.07, 6.45) is -0.799. The number of ether oxygens (including phenoxy) is 6. The highest BCUT2D eigenvalue weighted by Gasteiger charge is 2.45. The van der Waals surface area contributed by atoms with E-state index < -0.39 is 11.6 Å². The van der Waals surface area contributed by atoms with Gasteiger partial charge in [0.25, 0.3) is 0 Å². The van der Waals surface area contributed by atoms with E-state index in [-0.39, 0.29) is 37.8 Å². The van der Waals surface area contributed by atoms with Crippen LogP contribution in [-0.4, -0.2) is 45.7 Å². The van der Waals surface area contributed by atoms with Gasteiger partial charge in [-0.15, -0.1) is 0 Å². The normalized spacial score (nSPS) is 12.5. The van der Waals surface area contributed by atoms with Gasteiger partial charge in [-0.1, -0.05) is 111 Å². The van der Waals surface area contributed by atoms with Crippen LogP contribution in [0.2, 0.25) is 0 Å². The third kappa shape index (κ3) is 7.68. The minimum Gasteiger partial charge on any atom is -0.497 e. The van der Waals surface area contributed by atoms with Crippen molar-refractivity contribution in [3.8, 4) is 34.1 Å². The topological polar surface area (TPSA) is 89.5 Å². The largest absolute Gasteiger partial charge is 0.513 e. The van der Waals surface area contributed by atoms with Gasteiger partial charge < -0.3 is 28.4 Å². The lowest BCUT2D eigenvalue weighted by Gasteiger charge is -2.34. The third-order valence-electron chi connectivity index (χ3n) is 10.3. The van der Waals surface area contributed by atoms with Crippen molar-refractivity contribution in [2.75, 3.05) is 33.5 Å². The Hall–Kier alpha value is -6.54. The Balaban J connectivity index is 1.00.